The Labute approximate surface area is 68.6 Å². The van der Waals surface area contributed by atoms with Crippen LogP contribution in [0.1, 0.15) is 39.5 Å². The first kappa shape index (κ1) is 9.01. The van der Waals surface area contributed by atoms with Crippen LogP contribution in [0.15, 0.2) is 0 Å². The third kappa shape index (κ3) is 2.46. The van der Waals surface area contributed by atoms with E-state index in [1.165, 1.54) is 0 Å². The Morgan fingerprint density at radius 1 is 1.55 bits per heavy atom. The first-order chi connectivity index (χ1) is 5.24. The van der Waals surface area contributed by atoms with Crippen LogP contribution in [0.2, 0.25) is 0 Å². The Morgan fingerprint density at radius 3 is 2.73 bits per heavy atom. The van der Waals surface area contributed by atoms with Gasteiger partial charge in [0, 0.05) is 0 Å². The zero-order valence-corrected chi connectivity index (χ0v) is 7.42. The summed E-state index contributed by atoms with van der Waals surface area (Å²) in [5, 5.41) is 9.54. The van der Waals surface area contributed by atoms with Crippen molar-refractivity contribution in [2.75, 3.05) is 0 Å². The highest BCUT2D eigenvalue weighted by molar-refractivity contribution is 4.76. The Balaban J connectivity index is 2.25. The number of aliphatic hydroxyl groups excluding tert-OH is 1. The molecule has 1 aliphatic heterocycles. The minimum absolute atomic E-state index is 0.116. The summed E-state index contributed by atoms with van der Waals surface area (Å²) in [5.74, 6) is 0. The van der Waals surface area contributed by atoms with Crippen LogP contribution in [0.5, 0.6) is 0 Å². The van der Waals surface area contributed by atoms with Crippen molar-refractivity contribution in [2.45, 2.75) is 57.8 Å². The van der Waals surface area contributed by atoms with E-state index in [2.05, 4.69) is 13.8 Å². The highest BCUT2D eigenvalue weighted by Gasteiger charge is 2.27. The molecule has 2 unspecified atom stereocenters. The van der Waals surface area contributed by atoms with Crippen molar-refractivity contribution in [3.8, 4) is 0 Å². The van der Waals surface area contributed by atoms with Crippen LogP contribution in [0, 0.1) is 0 Å². The van der Waals surface area contributed by atoms with Gasteiger partial charge in [-0.25, -0.2) is 0 Å². The van der Waals surface area contributed by atoms with E-state index in [1.54, 1.807) is 0 Å². The topological polar surface area (TPSA) is 29.5 Å². The summed E-state index contributed by atoms with van der Waals surface area (Å²) in [6.07, 6.45) is 4.28. The highest BCUT2D eigenvalue weighted by Crippen LogP contribution is 2.23. The number of ether oxygens (including phenoxy) is 1. The lowest BCUT2D eigenvalue weighted by atomic mass is 10.1. The van der Waals surface area contributed by atoms with E-state index in [9.17, 15) is 5.11 Å². The standard InChI is InChI=1S/C9H18O2/c1-3-4-8(10)9-6-5-7(2)11-9/h7-10H,3-6H2,1-2H3/t7?,8-,9?/m0/s1. The van der Waals surface area contributed by atoms with Gasteiger partial charge in [0.25, 0.3) is 0 Å². The fourth-order valence-corrected chi connectivity index (χ4v) is 1.60. The predicted octanol–water partition coefficient (Wildman–Crippen LogP) is 1.71. The van der Waals surface area contributed by atoms with Crippen LogP contribution < -0.4 is 0 Å². The zero-order valence-electron chi connectivity index (χ0n) is 7.42. The minimum Gasteiger partial charge on any atom is -0.390 e. The van der Waals surface area contributed by atoms with Crippen molar-refractivity contribution in [1.29, 1.82) is 0 Å². The van der Waals surface area contributed by atoms with E-state index in [0.717, 1.165) is 25.7 Å². The number of hydrogen-bond donors (Lipinski definition) is 1. The van der Waals surface area contributed by atoms with E-state index in [-0.39, 0.29) is 12.2 Å². The lowest BCUT2D eigenvalue weighted by molar-refractivity contribution is -0.0315. The van der Waals surface area contributed by atoms with Gasteiger partial charge in [-0.3, -0.25) is 0 Å². The van der Waals surface area contributed by atoms with E-state index < -0.39 is 0 Å². The molecule has 0 aliphatic carbocycles. The van der Waals surface area contributed by atoms with Gasteiger partial charge in [0.1, 0.15) is 0 Å². The fourth-order valence-electron chi connectivity index (χ4n) is 1.60. The molecule has 0 aromatic heterocycles. The summed E-state index contributed by atoms with van der Waals surface area (Å²) >= 11 is 0. The van der Waals surface area contributed by atoms with E-state index in [1.807, 2.05) is 0 Å². The van der Waals surface area contributed by atoms with Crippen molar-refractivity contribution in [1.82, 2.24) is 0 Å². The van der Waals surface area contributed by atoms with Crippen LogP contribution >= 0.6 is 0 Å². The lowest BCUT2D eigenvalue weighted by Crippen LogP contribution is -2.25. The average molecular weight is 158 g/mol. The van der Waals surface area contributed by atoms with Crippen molar-refractivity contribution in [3.63, 3.8) is 0 Å². The molecule has 0 saturated carbocycles. The van der Waals surface area contributed by atoms with Gasteiger partial charge >= 0.3 is 0 Å². The van der Waals surface area contributed by atoms with Gasteiger partial charge < -0.3 is 9.84 Å². The summed E-state index contributed by atoms with van der Waals surface area (Å²) < 4.78 is 5.53. The molecule has 2 nitrogen and oxygen atoms in total. The number of rotatable bonds is 3. The van der Waals surface area contributed by atoms with E-state index in [4.69, 9.17) is 4.74 Å². The molecule has 11 heavy (non-hydrogen) atoms. The molecule has 1 heterocycles. The van der Waals surface area contributed by atoms with E-state index in [0.29, 0.717) is 6.10 Å². The van der Waals surface area contributed by atoms with Gasteiger partial charge in [-0.1, -0.05) is 13.3 Å². The lowest BCUT2D eigenvalue weighted by Gasteiger charge is -2.17. The fraction of sp³-hybridized carbons (Fsp3) is 1.00. The summed E-state index contributed by atoms with van der Waals surface area (Å²) in [4.78, 5) is 0. The van der Waals surface area contributed by atoms with Gasteiger partial charge in [0.15, 0.2) is 0 Å². The third-order valence-corrected chi connectivity index (χ3v) is 2.28. The molecule has 1 N–H and O–H groups in total. The molecule has 0 radical (unpaired) electrons. The Kier molecular flexibility index (Phi) is 3.34. The van der Waals surface area contributed by atoms with Crippen LogP contribution in [0.3, 0.4) is 0 Å². The largest absolute Gasteiger partial charge is 0.390 e. The highest BCUT2D eigenvalue weighted by atomic mass is 16.5. The molecule has 3 atom stereocenters. The Morgan fingerprint density at radius 2 is 2.27 bits per heavy atom. The van der Waals surface area contributed by atoms with Crippen LogP contribution in [-0.4, -0.2) is 23.4 Å². The van der Waals surface area contributed by atoms with Gasteiger partial charge in [-0.2, -0.15) is 0 Å². The Bertz CT molecular complexity index is 114. The van der Waals surface area contributed by atoms with Crippen molar-refractivity contribution >= 4 is 0 Å². The normalized spacial score (nSPS) is 34.1. The van der Waals surface area contributed by atoms with Gasteiger partial charge in [0.05, 0.1) is 18.3 Å². The molecular weight excluding hydrogens is 140 g/mol. The maximum atomic E-state index is 9.54. The minimum atomic E-state index is -0.232. The first-order valence-corrected chi connectivity index (χ1v) is 4.57. The molecule has 1 fully saturated rings. The van der Waals surface area contributed by atoms with Gasteiger partial charge in [-0.05, 0) is 26.2 Å². The third-order valence-electron chi connectivity index (χ3n) is 2.28. The smallest absolute Gasteiger partial charge is 0.0838 e. The second kappa shape index (κ2) is 4.07. The molecule has 0 aromatic rings. The predicted molar refractivity (Wildman–Crippen MR) is 44.5 cm³/mol. The molecule has 1 aliphatic rings. The molecule has 0 amide bonds. The van der Waals surface area contributed by atoms with E-state index >= 15 is 0 Å². The second-order valence-electron chi connectivity index (χ2n) is 3.42. The van der Waals surface area contributed by atoms with Crippen molar-refractivity contribution in [3.05, 3.63) is 0 Å². The van der Waals surface area contributed by atoms with Crippen LogP contribution in [0.25, 0.3) is 0 Å². The van der Waals surface area contributed by atoms with Crippen molar-refractivity contribution in [2.24, 2.45) is 0 Å². The molecule has 1 saturated heterocycles. The quantitative estimate of drug-likeness (QED) is 0.677. The average Bonchev–Trinajstić information content (AvgIpc) is 2.36. The van der Waals surface area contributed by atoms with Gasteiger partial charge in [0.2, 0.25) is 0 Å². The Hall–Kier alpha value is -0.0800. The summed E-state index contributed by atoms with van der Waals surface area (Å²) in [6.45, 7) is 4.15. The summed E-state index contributed by atoms with van der Waals surface area (Å²) in [5.41, 5.74) is 0. The molecular formula is C9H18O2. The molecule has 2 heteroatoms. The van der Waals surface area contributed by atoms with Gasteiger partial charge in [-0.15, -0.1) is 0 Å². The summed E-state index contributed by atoms with van der Waals surface area (Å²) in [7, 11) is 0. The number of hydrogen-bond acceptors (Lipinski definition) is 2. The molecule has 0 aromatic carbocycles. The summed E-state index contributed by atoms with van der Waals surface area (Å²) in [6, 6.07) is 0. The zero-order chi connectivity index (χ0) is 8.27. The second-order valence-corrected chi connectivity index (χ2v) is 3.42. The van der Waals surface area contributed by atoms with Crippen LogP contribution in [0.4, 0.5) is 0 Å². The monoisotopic (exact) mass is 158 g/mol. The van der Waals surface area contributed by atoms with Crippen molar-refractivity contribution < 1.29 is 9.84 Å². The van der Waals surface area contributed by atoms with Crippen LogP contribution in [-0.2, 0) is 4.74 Å². The molecule has 66 valence electrons. The number of aliphatic hydroxyl groups is 1. The SMILES string of the molecule is CCC[C@H](O)C1CCC(C)O1. The first-order valence-electron chi connectivity index (χ1n) is 4.57. The molecule has 0 bridgehead atoms. The maximum Gasteiger partial charge on any atom is 0.0838 e. The maximum absolute atomic E-state index is 9.54. The molecule has 0 spiro atoms. The molecule has 1 rings (SSSR count).